The number of aryl methyl sites for hydroxylation is 1. The largest absolute Gasteiger partial charge is 0.477 e. The van der Waals surface area contributed by atoms with Crippen molar-refractivity contribution in [1.82, 2.24) is 9.71 Å². The first kappa shape index (κ1) is 17.1. The Balaban J connectivity index is 2.05. The number of hydrogen-bond acceptors (Lipinski definition) is 4. The first-order valence-electron chi connectivity index (χ1n) is 7.21. The predicted octanol–water partition coefficient (Wildman–Crippen LogP) is 1.86. The number of carboxylic acid groups (broad SMARTS) is 1. The van der Waals surface area contributed by atoms with Crippen molar-refractivity contribution in [3.8, 4) is 0 Å². The van der Waals surface area contributed by atoms with Crippen LogP contribution in [-0.4, -0.2) is 31.0 Å². The van der Waals surface area contributed by atoms with E-state index in [0.29, 0.717) is 18.5 Å². The van der Waals surface area contributed by atoms with Crippen molar-refractivity contribution in [2.75, 3.05) is 6.54 Å². The zero-order valence-corrected chi connectivity index (χ0v) is 13.5. The highest BCUT2D eigenvalue weighted by atomic mass is 32.2. The summed E-state index contributed by atoms with van der Waals surface area (Å²) in [5.74, 6) is -1.11. The maximum Gasteiger partial charge on any atom is 0.354 e. The molecule has 2 rings (SSSR count). The monoisotopic (exact) mass is 334 g/mol. The number of sulfonamides is 1. The van der Waals surface area contributed by atoms with Crippen LogP contribution in [0.25, 0.3) is 0 Å². The SMILES string of the molecule is CCc1ccccc1S(=O)(=O)NCCc1cccc(C(=O)O)n1. The molecule has 0 saturated heterocycles. The van der Waals surface area contributed by atoms with E-state index in [1.807, 2.05) is 6.92 Å². The van der Waals surface area contributed by atoms with Gasteiger partial charge in [-0.2, -0.15) is 0 Å². The van der Waals surface area contributed by atoms with E-state index in [-0.39, 0.29) is 17.1 Å². The Morgan fingerprint density at radius 1 is 1.17 bits per heavy atom. The highest BCUT2D eigenvalue weighted by Gasteiger charge is 2.16. The fraction of sp³-hybridized carbons (Fsp3) is 0.250. The van der Waals surface area contributed by atoms with Gasteiger partial charge in [-0.3, -0.25) is 0 Å². The number of benzene rings is 1. The highest BCUT2D eigenvalue weighted by Crippen LogP contribution is 2.15. The standard InChI is InChI=1S/C16H18N2O4S/c1-2-12-6-3-4-9-15(12)23(21,22)17-11-10-13-7-5-8-14(18-13)16(19)20/h3-9,17H,2,10-11H2,1H3,(H,19,20). The summed E-state index contributed by atoms with van der Waals surface area (Å²) in [5, 5.41) is 8.90. The van der Waals surface area contributed by atoms with Crippen molar-refractivity contribution in [1.29, 1.82) is 0 Å². The second-order valence-electron chi connectivity index (χ2n) is 4.93. The third kappa shape index (κ3) is 4.37. The van der Waals surface area contributed by atoms with Crippen LogP contribution in [0, 0.1) is 0 Å². The third-order valence-corrected chi connectivity index (χ3v) is 4.90. The average Bonchev–Trinajstić information content (AvgIpc) is 2.55. The van der Waals surface area contributed by atoms with Crippen molar-refractivity contribution in [2.24, 2.45) is 0 Å². The maximum atomic E-state index is 12.4. The normalized spacial score (nSPS) is 11.3. The molecule has 0 saturated carbocycles. The van der Waals surface area contributed by atoms with Crippen LogP contribution < -0.4 is 4.72 Å². The zero-order valence-electron chi connectivity index (χ0n) is 12.7. The Kier molecular flexibility index (Phi) is 5.46. The Labute approximate surface area is 135 Å². The van der Waals surface area contributed by atoms with Gasteiger partial charge in [0, 0.05) is 18.7 Å². The first-order chi connectivity index (χ1) is 10.9. The van der Waals surface area contributed by atoms with Gasteiger partial charge in [0.05, 0.1) is 4.90 Å². The Hall–Kier alpha value is -2.25. The molecule has 7 heteroatoms. The molecular weight excluding hydrogens is 316 g/mol. The number of carbonyl (C=O) groups is 1. The number of aromatic carboxylic acids is 1. The second-order valence-corrected chi connectivity index (χ2v) is 6.66. The Bertz CT molecular complexity index is 803. The molecule has 0 aliphatic heterocycles. The molecule has 0 aliphatic rings. The second kappa shape index (κ2) is 7.34. The van der Waals surface area contributed by atoms with Gasteiger partial charge >= 0.3 is 5.97 Å². The van der Waals surface area contributed by atoms with Gasteiger partial charge in [-0.05, 0) is 30.2 Å². The summed E-state index contributed by atoms with van der Waals surface area (Å²) >= 11 is 0. The van der Waals surface area contributed by atoms with Gasteiger partial charge in [0.2, 0.25) is 10.0 Å². The molecular formula is C16H18N2O4S. The summed E-state index contributed by atoms with van der Waals surface area (Å²) < 4.78 is 27.2. The molecule has 122 valence electrons. The van der Waals surface area contributed by atoms with Crippen molar-refractivity contribution in [2.45, 2.75) is 24.7 Å². The van der Waals surface area contributed by atoms with Gasteiger partial charge in [-0.25, -0.2) is 22.9 Å². The van der Waals surface area contributed by atoms with Crippen LogP contribution >= 0.6 is 0 Å². The number of rotatable bonds is 7. The molecule has 1 aromatic heterocycles. The van der Waals surface area contributed by atoms with Gasteiger partial charge < -0.3 is 5.11 Å². The molecule has 0 bridgehead atoms. The van der Waals surface area contributed by atoms with Crippen LogP contribution in [0.1, 0.15) is 28.7 Å². The van der Waals surface area contributed by atoms with E-state index in [4.69, 9.17) is 5.11 Å². The first-order valence-corrected chi connectivity index (χ1v) is 8.69. The molecule has 2 aromatic rings. The molecule has 6 nitrogen and oxygen atoms in total. The molecule has 1 heterocycles. The minimum absolute atomic E-state index is 0.0540. The molecule has 0 aliphatic carbocycles. The van der Waals surface area contributed by atoms with Crippen molar-refractivity contribution >= 4 is 16.0 Å². The van der Waals surface area contributed by atoms with E-state index in [2.05, 4.69) is 9.71 Å². The smallest absolute Gasteiger partial charge is 0.354 e. The van der Waals surface area contributed by atoms with Crippen LogP contribution in [0.15, 0.2) is 47.4 Å². The van der Waals surface area contributed by atoms with Crippen LogP contribution in [0.5, 0.6) is 0 Å². The van der Waals surface area contributed by atoms with E-state index >= 15 is 0 Å². The fourth-order valence-corrected chi connectivity index (χ4v) is 3.53. The molecule has 1 aromatic carbocycles. The predicted molar refractivity (Wildman–Crippen MR) is 85.9 cm³/mol. The lowest BCUT2D eigenvalue weighted by Gasteiger charge is -2.10. The molecule has 0 unspecified atom stereocenters. The van der Waals surface area contributed by atoms with Gasteiger partial charge in [0.1, 0.15) is 5.69 Å². The van der Waals surface area contributed by atoms with Crippen LogP contribution in [0.4, 0.5) is 0 Å². The molecule has 0 fully saturated rings. The lowest BCUT2D eigenvalue weighted by Crippen LogP contribution is -2.27. The lowest BCUT2D eigenvalue weighted by molar-refractivity contribution is 0.0690. The fourth-order valence-electron chi connectivity index (χ4n) is 2.19. The van der Waals surface area contributed by atoms with E-state index < -0.39 is 16.0 Å². The van der Waals surface area contributed by atoms with Crippen molar-refractivity contribution in [3.63, 3.8) is 0 Å². The van der Waals surface area contributed by atoms with Crippen molar-refractivity contribution in [3.05, 3.63) is 59.4 Å². The van der Waals surface area contributed by atoms with E-state index in [9.17, 15) is 13.2 Å². The number of hydrogen-bond donors (Lipinski definition) is 2. The molecule has 2 N–H and O–H groups in total. The van der Waals surface area contributed by atoms with Gasteiger partial charge in [-0.1, -0.05) is 31.2 Å². The number of nitrogens with one attached hydrogen (secondary N) is 1. The Morgan fingerprint density at radius 2 is 1.91 bits per heavy atom. The number of nitrogens with zero attached hydrogens (tertiary/aromatic N) is 1. The van der Waals surface area contributed by atoms with Gasteiger partial charge in [0.15, 0.2) is 0 Å². The van der Waals surface area contributed by atoms with E-state index in [1.165, 1.54) is 6.07 Å². The van der Waals surface area contributed by atoms with Gasteiger partial charge in [0.25, 0.3) is 0 Å². The summed E-state index contributed by atoms with van der Waals surface area (Å²) in [6, 6.07) is 11.5. The summed E-state index contributed by atoms with van der Waals surface area (Å²) in [7, 11) is -3.59. The molecule has 0 radical (unpaired) electrons. The Morgan fingerprint density at radius 3 is 2.61 bits per heavy atom. The summed E-state index contributed by atoms with van der Waals surface area (Å²) in [4.78, 5) is 15.1. The molecule has 0 spiro atoms. The minimum Gasteiger partial charge on any atom is -0.477 e. The molecule has 0 amide bonds. The summed E-state index contributed by atoms with van der Waals surface area (Å²) in [6.07, 6.45) is 0.938. The van der Waals surface area contributed by atoms with E-state index in [0.717, 1.165) is 5.56 Å². The lowest BCUT2D eigenvalue weighted by atomic mass is 10.2. The van der Waals surface area contributed by atoms with Gasteiger partial charge in [-0.15, -0.1) is 0 Å². The average molecular weight is 334 g/mol. The summed E-state index contributed by atoms with van der Waals surface area (Å²) in [6.45, 7) is 2.05. The van der Waals surface area contributed by atoms with E-state index in [1.54, 1.807) is 36.4 Å². The molecule has 0 atom stereocenters. The van der Waals surface area contributed by atoms with Crippen LogP contribution in [0.3, 0.4) is 0 Å². The van der Waals surface area contributed by atoms with Crippen LogP contribution in [-0.2, 0) is 22.9 Å². The number of pyridine rings is 1. The summed E-state index contributed by atoms with van der Waals surface area (Å²) in [5.41, 5.74) is 1.23. The third-order valence-electron chi connectivity index (χ3n) is 3.34. The maximum absolute atomic E-state index is 12.4. The number of aromatic nitrogens is 1. The van der Waals surface area contributed by atoms with Crippen molar-refractivity contribution < 1.29 is 18.3 Å². The topological polar surface area (TPSA) is 96.4 Å². The highest BCUT2D eigenvalue weighted by molar-refractivity contribution is 7.89. The number of carboxylic acids is 1. The zero-order chi connectivity index (χ0) is 16.9. The quantitative estimate of drug-likeness (QED) is 0.806. The molecule has 23 heavy (non-hydrogen) atoms. The minimum atomic E-state index is -3.59. The van der Waals surface area contributed by atoms with Crippen LogP contribution in [0.2, 0.25) is 0 Å².